The molecule has 0 radical (unpaired) electrons. The van der Waals surface area contributed by atoms with Crippen LogP contribution in [0.25, 0.3) is 0 Å². The van der Waals surface area contributed by atoms with Gasteiger partial charge in [-0.1, -0.05) is 19.1 Å². The molecule has 0 amide bonds. The van der Waals surface area contributed by atoms with Crippen LogP contribution in [-0.4, -0.2) is 24.6 Å². The van der Waals surface area contributed by atoms with Crippen LogP contribution < -0.4 is 0 Å². The molecule has 1 aromatic rings. The molecule has 1 aromatic carbocycles. The molecule has 0 spiro atoms. The number of carbonyl (C=O) groups excluding carboxylic acids is 2. The number of esters is 2. The fourth-order valence-electron chi connectivity index (χ4n) is 1.86. The fraction of sp³-hybridized carbons (Fsp3) is 0.500. The van der Waals surface area contributed by atoms with Crippen LogP contribution in [0.2, 0.25) is 0 Å². The van der Waals surface area contributed by atoms with E-state index in [1.807, 2.05) is 32.9 Å². The Bertz CT molecular complexity index is 479. The van der Waals surface area contributed by atoms with Crippen molar-refractivity contribution in [3.8, 4) is 0 Å². The van der Waals surface area contributed by atoms with Gasteiger partial charge >= 0.3 is 11.9 Å². The van der Waals surface area contributed by atoms with Gasteiger partial charge in [-0.15, -0.1) is 0 Å². The maximum absolute atomic E-state index is 12.2. The van der Waals surface area contributed by atoms with E-state index in [1.54, 1.807) is 13.0 Å². The standard InChI is InChI=1S/C16H22O4/c1-5-13(10-15(17)19-6-2)20-16(18)14-9-7-8-11(3)12(14)4/h7-9,13H,5-6,10H2,1-4H3. The monoisotopic (exact) mass is 278 g/mol. The second-order valence-corrected chi connectivity index (χ2v) is 4.69. The molecule has 4 nitrogen and oxygen atoms in total. The second-order valence-electron chi connectivity index (χ2n) is 4.69. The van der Waals surface area contributed by atoms with Gasteiger partial charge in [-0.05, 0) is 44.4 Å². The maximum atomic E-state index is 12.2. The lowest BCUT2D eigenvalue weighted by molar-refractivity contribution is -0.145. The van der Waals surface area contributed by atoms with E-state index in [-0.39, 0.29) is 18.4 Å². The summed E-state index contributed by atoms with van der Waals surface area (Å²) in [4.78, 5) is 23.6. The van der Waals surface area contributed by atoms with Crippen LogP contribution in [0.5, 0.6) is 0 Å². The van der Waals surface area contributed by atoms with Crippen molar-refractivity contribution in [1.29, 1.82) is 0 Å². The Hall–Kier alpha value is -1.84. The molecule has 110 valence electrons. The molecule has 0 aliphatic carbocycles. The van der Waals surface area contributed by atoms with Gasteiger partial charge in [0, 0.05) is 0 Å². The van der Waals surface area contributed by atoms with Crippen molar-refractivity contribution >= 4 is 11.9 Å². The fourth-order valence-corrected chi connectivity index (χ4v) is 1.86. The molecular weight excluding hydrogens is 256 g/mol. The largest absolute Gasteiger partial charge is 0.466 e. The van der Waals surface area contributed by atoms with Gasteiger partial charge in [0.2, 0.25) is 0 Å². The van der Waals surface area contributed by atoms with Crippen LogP contribution >= 0.6 is 0 Å². The SMILES string of the molecule is CCOC(=O)CC(CC)OC(=O)c1cccc(C)c1C. The first kappa shape index (κ1) is 16.2. The Labute approximate surface area is 120 Å². The Morgan fingerprint density at radius 1 is 1.20 bits per heavy atom. The highest BCUT2D eigenvalue weighted by atomic mass is 16.6. The van der Waals surface area contributed by atoms with Crippen LogP contribution in [0.1, 0.15) is 48.2 Å². The average Bonchev–Trinajstić information content (AvgIpc) is 2.41. The first-order chi connectivity index (χ1) is 9.49. The number of ether oxygens (including phenoxy) is 2. The number of rotatable bonds is 6. The highest BCUT2D eigenvalue weighted by molar-refractivity contribution is 5.91. The van der Waals surface area contributed by atoms with E-state index in [1.165, 1.54) is 0 Å². The minimum absolute atomic E-state index is 0.0982. The van der Waals surface area contributed by atoms with E-state index in [0.29, 0.717) is 18.6 Å². The maximum Gasteiger partial charge on any atom is 0.338 e. The first-order valence-corrected chi connectivity index (χ1v) is 6.92. The molecule has 0 saturated carbocycles. The van der Waals surface area contributed by atoms with Crippen molar-refractivity contribution in [3.63, 3.8) is 0 Å². The molecule has 0 saturated heterocycles. The summed E-state index contributed by atoms with van der Waals surface area (Å²) in [5.41, 5.74) is 2.49. The summed E-state index contributed by atoms with van der Waals surface area (Å²) in [5.74, 6) is -0.726. The van der Waals surface area contributed by atoms with Crippen LogP contribution in [0.15, 0.2) is 18.2 Å². The first-order valence-electron chi connectivity index (χ1n) is 6.92. The second kappa shape index (κ2) is 7.68. The highest BCUT2D eigenvalue weighted by Crippen LogP contribution is 2.16. The van der Waals surface area contributed by atoms with Crippen molar-refractivity contribution in [1.82, 2.24) is 0 Å². The van der Waals surface area contributed by atoms with E-state index in [2.05, 4.69) is 0 Å². The molecule has 1 atom stereocenters. The molecule has 0 aliphatic heterocycles. The smallest absolute Gasteiger partial charge is 0.338 e. The van der Waals surface area contributed by atoms with Gasteiger partial charge in [-0.25, -0.2) is 4.79 Å². The lowest BCUT2D eigenvalue weighted by Crippen LogP contribution is -2.22. The van der Waals surface area contributed by atoms with E-state index in [4.69, 9.17) is 9.47 Å². The van der Waals surface area contributed by atoms with Crippen LogP contribution in [0, 0.1) is 13.8 Å². The van der Waals surface area contributed by atoms with Crippen molar-refractivity contribution in [3.05, 3.63) is 34.9 Å². The molecule has 1 unspecified atom stereocenters. The summed E-state index contributed by atoms with van der Waals surface area (Å²) in [6.45, 7) is 7.79. The summed E-state index contributed by atoms with van der Waals surface area (Å²) in [6.07, 6.45) is 0.234. The predicted octanol–water partition coefficient (Wildman–Crippen LogP) is 3.19. The topological polar surface area (TPSA) is 52.6 Å². The van der Waals surface area contributed by atoms with Crippen molar-refractivity contribution in [2.75, 3.05) is 6.61 Å². The van der Waals surface area contributed by atoms with Gasteiger partial charge < -0.3 is 9.47 Å². The van der Waals surface area contributed by atoms with Crippen molar-refractivity contribution < 1.29 is 19.1 Å². The quantitative estimate of drug-likeness (QED) is 0.750. The van der Waals surface area contributed by atoms with E-state index in [9.17, 15) is 9.59 Å². The zero-order chi connectivity index (χ0) is 15.1. The Morgan fingerprint density at radius 2 is 1.90 bits per heavy atom. The molecule has 0 fully saturated rings. The minimum atomic E-state index is -0.443. The number of aryl methyl sites for hydroxylation is 1. The minimum Gasteiger partial charge on any atom is -0.466 e. The molecule has 0 aliphatic rings. The Kier molecular flexibility index (Phi) is 6.22. The normalized spacial score (nSPS) is 11.8. The van der Waals surface area contributed by atoms with Crippen LogP contribution in [0.3, 0.4) is 0 Å². The van der Waals surface area contributed by atoms with Crippen molar-refractivity contribution in [2.24, 2.45) is 0 Å². The summed E-state index contributed by atoms with van der Waals surface area (Å²) in [5, 5.41) is 0. The number of benzene rings is 1. The molecule has 0 N–H and O–H groups in total. The number of hydrogen-bond acceptors (Lipinski definition) is 4. The van der Waals surface area contributed by atoms with Gasteiger partial charge in [0.05, 0.1) is 18.6 Å². The molecule has 20 heavy (non-hydrogen) atoms. The molecule has 0 aromatic heterocycles. The lowest BCUT2D eigenvalue weighted by Gasteiger charge is -2.16. The zero-order valence-corrected chi connectivity index (χ0v) is 12.6. The summed E-state index contributed by atoms with van der Waals surface area (Å²) in [6, 6.07) is 5.51. The number of carbonyl (C=O) groups is 2. The van der Waals surface area contributed by atoms with Crippen LogP contribution in [-0.2, 0) is 14.3 Å². The van der Waals surface area contributed by atoms with Gasteiger partial charge in [0.15, 0.2) is 0 Å². The molecule has 1 rings (SSSR count). The summed E-state index contributed by atoms with van der Waals surface area (Å²) >= 11 is 0. The third kappa shape index (κ3) is 4.37. The van der Waals surface area contributed by atoms with E-state index in [0.717, 1.165) is 11.1 Å². The van der Waals surface area contributed by atoms with Gasteiger partial charge in [-0.3, -0.25) is 4.79 Å². The van der Waals surface area contributed by atoms with Gasteiger partial charge in [0.1, 0.15) is 6.10 Å². The third-order valence-corrected chi connectivity index (χ3v) is 3.25. The summed E-state index contributed by atoms with van der Waals surface area (Å²) < 4.78 is 10.3. The summed E-state index contributed by atoms with van der Waals surface area (Å²) in [7, 11) is 0. The van der Waals surface area contributed by atoms with Gasteiger partial charge in [0.25, 0.3) is 0 Å². The molecular formula is C16H22O4. The highest BCUT2D eigenvalue weighted by Gasteiger charge is 2.20. The predicted molar refractivity (Wildman–Crippen MR) is 76.7 cm³/mol. The number of hydrogen-bond donors (Lipinski definition) is 0. The Balaban J connectivity index is 2.72. The molecule has 0 heterocycles. The third-order valence-electron chi connectivity index (χ3n) is 3.25. The molecule has 4 heteroatoms. The average molecular weight is 278 g/mol. The zero-order valence-electron chi connectivity index (χ0n) is 12.6. The van der Waals surface area contributed by atoms with Crippen LogP contribution in [0.4, 0.5) is 0 Å². The molecule has 0 bridgehead atoms. The van der Waals surface area contributed by atoms with E-state index >= 15 is 0 Å². The van der Waals surface area contributed by atoms with Crippen molar-refractivity contribution in [2.45, 2.75) is 46.6 Å². The Morgan fingerprint density at radius 3 is 2.50 bits per heavy atom. The van der Waals surface area contributed by atoms with Gasteiger partial charge in [-0.2, -0.15) is 0 Å². The lowest BCUT2D eigenvalue weighted by atomic mass is 10.0. The van der Waals surface area contributed by atoms with E-state index < -0.39 is 6.10 Å².